The summed E-state index contributed by atoms with van der Waals surface area (Å²) < 4.78 is 10.6. The van der Waals surface area contributed by atoms with Gasteiger partial charge in [0.05, 0.1) is 18.1 Å². The lowest BCUT2D eigenvalue weighted by atomic mass is 10.1. The summed E-state index contributed by atoms with van der Waals surface area (Å²) in [7, 11) is 1.29. The van der Waals surface area contributed by atoms with E-state index in [0.29, 0.717) is 17.9 Å². The molecular weight excluding hydrogens is 302 g/mol. The van der Waals surface area contributed by atoms with Gasteiger partial charge in [0, 0.05) is 5.56 Å². The van der Waals surface area contributed by atoms with Gasteiger partial charge < -0.3 is 14.8 Å². The van der Waals surface area contributed by atoms with Crippen LogP contribution in [0, 0.1) is 0 Å². The number of halogens is 1. The van der Waals surface area contributed by atoms with Gasteiger partial charge in [-0.2, -0.15) is 0 Å². The highest BCUT2D eigenvalue weighted by atomic mass is 79.9. The number of amides is 1. The van der Waals surface area contributed by atoms with Crippen molar-refractivity contribution < 1.29 is 19.1 Å². The van der Waals surface area contributed by atoms with Crippen LogP contribution in [0.2, 0.25) is 0 Å². The molecule has 0 radical (unpaired) electrons. The van der Waals surface area contributed by atoms with E-state index in [2.05, 4.69) is 26.0 Å². The molecule has 0 spiro atoms. The van der Waals surface area contributed by atoms with E-state index in [9.17, 15) is 9.59 Å². The monoisotopic (exact) mass is 315 g/mol. The fourth-order valence-electron chi connectivity index (χ4n) is 1.22. The Bertz CT molecular complexity index is 448. The number of Topliss-reactive ketones (excluding diaryl/α,β-unsaturated/α-hetero) is 1. The molecule has 0 aromatic heterocycles. The van der Waals surface area contributed by atoms with Gasteiger partial charge in [-0.05, 0) is 35.0 Å². The van der Waals surface area contributed by atoms with Gasteiger partial charge in [0.1, 0.15) is 12.4 Å². The number of methoxy groups -OCH3 is 1. The van der Waals surface area contributed by atoms with Gasteiger partial charge >= 0.3 is 6.09 Å². The largest absolute Gasteiger partial charge is 0.491 e. The first-order valence-corrected chi connectivity index (χ1v) is 6.09. The molecular formula is C12H14BrNO4. The summed E-state index contributed by atoms with van der Waals surface area (Å²) in [5, 5.41) is 2.49. The van der Waals surface area contributed by atoms with Crippen molar-refractivity contribution >= 4 is 27.8 Å². The minimum Gasteiger partial charge on any atom is -0.491 e. The molecule has 0 fully saturated rings. The second kappa shape index (κ2) is 7.00. The fraction of sp³-hybridized carbons (Fsp3) is 0.333. The molecule has 1 aromatic carbocycles. The van der Waals surface area contributed by atoms with Gasteiger partial charge in [-0.25, -0.2) is 4.79 Å². The molecule has 6 heteroatoms. The average molecular weight is 316 g/mol. The Balaban J connectivity index is 2.53. The lowest BCUT2D eigenvalue weighted by molar-refractivity contribution is 0.101. The van der Waals surface area contributed by atoms with Crippen LogP contribution in [0.1, 0.15) is 17.3 Å². The van der Waals surface area contributed by atoms with Crippen molar-refractivity contribution in [1.82, 2.24) is 5.32 Å². The van der Waals surface area contributed by atoms with E-state index in [1.165, 1.54) is 14.0 Å². The van der Waals surface area contributed by atoms with Gasteiger partial charge in [0.25, 0.3) is 0 Å². The first kappa shape index (κ1) is 14.5. The number of ketones is 1. The smallest absolute Gasteiger partial charge is 0.406 e. The topological polar surface area (TPSA) is 64.6 Å². The second-order valence-electron chi connectivity index (χ2n) is 3.47. The van der Waals surface area contributed by atoms with E-state index in [4.69, 9.17) is 4.74 Å². The van der Waals surface area contributed by atoms with Gasteiger partial charge in [-0.3, -0.25) is 4.79 Å². The number of benzene rings is 1. The maximum Gasteiger partial charge on any atom is 0.406 e. The zero-order chi connectivity index (χ0) is 13.5. The summed E-state index contributed by atoms with van der Waals surface area (Å²) in [5.41, 5.74) is 0.578. The van der Waals surface area contributed by atoms with Crippen molar-refractivity contribution in [3.63, 3.8) is 0 Å². The SMILES string of the molecule is COC(=O)NCCOc1cc(C(C)=O)ccc1Br. The van der Waals surface area contributed by atoms with Crippen LogP contribution >= 0.6 is 15.9 Å². The van der Waals surface area contributed by atoms with E-state index in [1.54, 1.807) is 18.2 Å². The van der Waals surface area contributed by atoms with Gasteiger partial charge in [-0.1, -0.05) is 6.07 Å². The number of hydrogen-bond acceptors (Lipinski definition) is 4. The molecule has 1 aromatic rings. The van der Waals surface area contributed by atoms with Crippen LogP contribution in [0.15, 0.2) is 22.7 Å². The van der Waals surface area contributed by atoms with Crippen LogP contribution in [0.25, 0.3) is 0 Å². The molecule has 5 nitrogen and oxygen atoms in total. The van der Waals surface area contributed by atoms with Crippen molar-refractivity contribution in [3.05, 3.63) is 28.2 Å². The molecule has 18 heavy (non-hydrogen) atoms. The third kappa shape index (κ3) is 4.37. The van der Waals surface area contributed by atoms with E-state index in [0.717, 1.165) is 4.47 Å². The molecule has 0 saturated carbocycles. The van der Waals surface area contributed by atoms with Gasteiger partial charge in [-0.15, -0.1) is 0 Å². The minimum atomic E-state index is -0.504. The van der Waals surface area contributed by atoms with Crippen molar-refractivity contribution in [1.29, 1.82) is 0 Å². The number of ether oxygens (including phenoxy) is 2. The highest BCUT2D eigenvalue weighted by Gasteiger charge is 2.06. The Labute approximate surface area is 114 Å². The van der Waals surface area contributed by atoms with Crippen LogP contribution < -0.4 is 10.1 Å². The molecule has 0 heterocycles. The zero-order valence-electron chi connectivity index (χ0n) is 10.2. The summed E-state index contributed by atoms with van der Waals surface area (Å²) in [6.07, 6.45) is -0.504. The van der Waals surface area contributed by atoms with Crippen LogP contribution in [-0.2, 0) is 4.74 Å². The van der Waals surface area contributed by atoms with Gasteiger partial charge in [0.2, 0.25) is 0 Å². The molecule has 0 aliphatic carbocycles. The van der Waals surface area contributed by atoms with E-state index in [-0.39, 0.29) is 12.4 Å². The molecule has 1 N–H and O–H groups in total. The zero-order valence-corrected chi connectivity index (χ0v) is 11.7. The lowest BCUT2D eigenvalue weighted by Gasteiger charge is -2.09. The number of nitrogens with one attached hydrogen (secondary N) is 1. The molecule has 98 valence electrons. The Morgan fingerprint density at radius 2 is 2.11 bits per heavy atom. The maximum atomic E-state index is 11.2. The fourth-order valence-corrected chi connectivity index (χ4v) is 1.58. The van der Waals surface area contributed by atoms with Crippen molar-refractivity contribution in [2.75, 3.05) is 20.3 Å². The first-order chi connectivity index (χ1) is 8.54. The Kier molecular flexibility index (Phi) is 5.64. The standard InChI is InChI=1S/C12H14BrNO4/c1-8(15)9-3-4-10(13)11(7-9)18-6-5-14-12(16)17-2/h3-4,7H,5-6H2,1-2H3,(H,14,16). The predicted octanol–water partition coefficient (Wildman–Crippen LogP) is 2.39. The summed E-state index contributed by atoms with van der Waals surface area (Å²) in [6, 6.07) is 5.12. The Morgan fingerprint density at radius 3 is 2.72 bits per heavy atom. The number of rotatable bonds is 5. The summed E-state index contributed by atoms with van der Waals surface area (Å²) in [6.45, 7) is 2.10. The van der Waals surface area contributed by atoms with Crippen LogP contribution in [-0.4, -0.2) is 32.1 Å². The molecule has 1 rings (SSSR count). The molecule has 0 aliphatic heterocycles. The van der Waals surface area contributed by atoms with Crippen LogP contribution in [0.5, 0.6) is 5.75 Å². The number of carbonyl (C=O) groups excluding carboxylic acids is 2. The Hall–Kier alpha value is -1.56. The summed E-state index contributed by atoms with van der Waals surface area (Å²) in [5.74, 6) is 0.536. The Morgan fingerprint density at radius 1 is 1.39 bits per heavy atom. The van der Waals surface area contributed by atoms with E-state index >= 15 is 0 Å². The van der Waals surface area contributed by atoms with E-state index in [1.807, 2.05) is 0 Å². The molecule has 0 atom stereocenters. The first-order valence-electron chi connectivity index (χ1n) is 5.29. The van der Waals surface area contributed by atoms with Crippen molar-refractivity contribution in [3.8, 4) is 5.75 Å². The summed E-state index contributed by atoms with van der Waals surface area (Å²) in [4.78, 5) is 22.0. The van der Waals surface area contributed by atoms with Crippen molar-refractivity contribution in [2.24, 2.45) is 0 Å². The summed E-state index contributed by atoms with van der Waals surface area (Å²) >= 11 is 3.33. The van der Waals surface area contributed by atoms with Crippen molar-refractivity contribution in [2.45, 2.75) is 6.92 Å². The second-order valence-corrected chi connectivity index (χ2v) is 4.32. The normalized spacial score (nSPS) is 9.72. The predicted molar refractivity (Wildman–Crippen MR) is 70.0 cm³/mol. The number of alkyl carbamates (subject to hydrolysis) is 1. The lowest BCUT2D eigenvalue weighted by Crippen LogP contribution is -2.27. The number of carbonyl (C=O) groups is 2. The molecule has 0 unspecified atom stereocenters. The third-order valence-corrected chi connectivity index (χ3v) is 2.81. The molecule has 0 bridgehead atoms. The average Bonchev–Trinajstić information content (AvgIpc) is 2.35. The molecule has 0 aliphatic rings. The maximum absolute atomic E-state index is 11.2. The van der Waals surface area contributed by atoms with Crippen LogP contribution in [0.3, 0.4) is 0 Å². The molecule has 0 saturated heterocycles. The highest BCUT2D eigenvalue weighted by Crippen LogP contribution is 2.26. The van der Waals surface area contributed by atoms with Gasteiger partial charge in [0.15, 0.2) is 5.78 Å². The third-order valence-electron chi connectivity index (χ3n) is 2.15. The van der Waals surface area contributed by atoms with Crippen LogP contribution in [0.4, 0.5) is 4.79 Å². The molecule has 1 amide bonds. The minimum absolute atomic E-state index is 0.0277. The highest BCUT2D eigenvalue weighted by molar-refractivity contribution is 9.10. The van der Waals surface area contributed by atoms with E-state index < -0.39 is 6.09 Å². The number of hydrogen-bond donors (Lipinski definition) is 1. The quantitative estimate of drug-likeness (QED) is 0.669.